The Labute approximate surface area is 113 Å². The van der Waals surface area contributed by atoms with Crippen molar-refractivity contribution in [1.29, 1.82) is 0 Å². The molecule has 0 fully saturated rings. The number of hydrogen-bond donors (Lipinski definition) is 2. The Morgan fingerprint density at radius 2 is 2.10 bits per heavy atom. The lowest BCUT2D eigenvalue weighted by molar-refractivity contribution is -0.144. The highest BCUT2D eigenvalue weighted by molar-refractivity contribution is 5.83. The number of carbonyl (C=O) groups is 1. The quantitative estimate of drug-likeness (QED) is 0.800. The van der Waals surface area contributed by atoms with Gasteiger partial charge in [0.2, 0.25) is 6.10 Å². The Morgan fingerprint density at radius 3 is 2.85 bits per heavy atom. The van der Waals surface area contributed by atoms with Crippen LogP contribution in [-0.2, 0) is 9.53 Å². The molecule has 2 aliphatic rings. The summed E-state index contributed by atoms with van der Waals surface area (Å²) in [4.78, 5) is 11.0. The van der Waals surface area contributed by atoms with Gasteiger partial charge in [-0.05, 0) is 23.4 Å². The number of ether oxygens (including phenoxy) is 1. The average Bonchev–Trinajstić information content (AvgIpc) is 2.45. The van der Waals surface area contributed by atoms with E-state index in [1.54, 1.807) is 18.2 Å². The highest BCUT2D eigenvalue weighted by Gasteiger charge is 2.29. The third kappa shape index (κ3) is 1.92. The van der Waals surface area contributed by atoms with E-state index >= 15 is 0 Å². The second kappa shape index (κ2) is 4.61. The summed E-state index contributed by atoms with van der Waals surface area (Å²) in [6.07, 6.45) is 4.87. The summed E-state index contributed by atoms with van der Waals surface area (Å²) in [7, 11) is 0. The molecule has 2 atom stereocenters. The highest BCUT2D eigenvalue weighted by Crippen LogP contribution is 2.22. The maximum absolute atomic E-state index is 13.4. The first kappa shape index (κ1) is 12.6. The normalized spacial score (nSPS) is 21.0. The molecular weight excluding hydrogens is 263 g/mol. The van der Waals surface area contributed by atoms with Gasteiger partial charge in [0, 0.05) is 10.8 Å². The van der Waals surface area contributed by atoms with E-state index in [1.165, 1.54) is 12.1 Å². The van der Waals surface area contributed by atoms with Crippen LogP contribution < -0.4 is 10.4 Å². The average molecular weight is 274 g/mol. The molecule has 0 saturated carbocycles. The van der Waals surface area contributed by atoms with E-state index in [0.717, 1.165) is 5.57 Å². The van der Waals surface area contributed by atoms with Gasteiger partial charge in [-0.1, -0.05) is 24.3 Å². The minimum atomic E-state index is -1.82. The summed E-state index contributed by atoms with van der Waals surface area (Å²) in [6, 6.07) is 4.03. The summed E-state index contributed by atoms with van der Waals surface area (Å²) in [5, 5.41) is 19.6. The number of hydrogen-bond acceptors (Lipinski definition) is 3. The van der Waals surface area contributed by atoms with Crippen molar-refractivity contribution in [3.63, 3.8) is 0 Å². The van der Waals surface area contributed by atoms with E-state index in [-0.39, 0.29) is 11.0 Å². The molecule has 0 amide bonds. The molecule has 4 nitrogen and oxygen atoms in total. The van der Waals surface area contributed by atoms with E-state index in [2.05, 4.69) is 0 Å². The van der Waals surface area contributed by atoms with Crippen LogP contribution in [0.15, 0.2) is 42.5 Å². The SMILES string of the molecule is O=C(O)C(O)C1=c2cc(F)ccc2=C2C=CC=CC2O1. The number of aliphatic hydroxyl groups is 1. The Bertz CT molecular complexity index is 761. The third-order valence-corrected chi connectivity index (χ3v) is 3.27. The molecule has 2 unspecified atom stereocenters. The predicted molar refractivity (Wildman–Crippen MR) is 69.3 cm³/mol. The molecule has 102 valence electrons. The first-order valence-corrected chi connectivity index (χ1v) is 6.04. The van der Waals surface area contributed by atoms with E-state index < -0.39 is 24.0 Å². The van der Waals surface area contributed by atoms with E-state index in [9.17, 15) is 14.3 Å². The summed E-state index contributed by atoms with van der Waals surface area (Å²) in [6.45, 7) is 0. The molecule has 1 heterocycles. The molecule has 0 radical (unpaired) electrons. The molecule has 20 heavy (non-hydrogen) atoms. The molecule has 3 rings (SSSR count). The van der Waals surface area contributed by atoms with Crippen molar-refractivity contribution < 1.29 is 24.1 Å². The number of rotatable bonds is 2. The van der Waals surface area contributed by atoms with E-state index in [1.807, 2.05) is 12.2 Å². The van der Waals surface area contributed by atoms with Crippen molar-refractivity contribution in [1.82, 2.24) is 0 Å². The van der Waals surface area contributed by atoms with Crippen LogP contribution in [0.25, 0.3) is 11.3 Å². The lowest BCUT2D eigenvalue weighted by atomic mass is 9.97. The van der Waals surface area contributed by atoms with Gasteiger partial charge < -0.3 is 14.9 Å². The van der Waals surface area contributed by atoms with E-state index in [4.69, 9.17) is 9.84 Å². The zero-order valence-corrected chi connectivity index (χ0v) is 10.3. The Balaban J connectivity index is 2.37. The molecule has 1 aromatic rings. The Morgan fingerprint density at radius 1 is 1.30 bits per heavy atom. The first-order valence-electron chi connectivity index (χ1n) is 6.04. The van der Waals surface area contributed by atoms with Gasteiger partial charge in [0.05, 0.1) is 0 Å². The number of allylic oxidation sites excluding steroid dienone is 2. The number of carboxylic acids is 1. The lowest BCUT2D eigenvalue weighted by Crippen LogP contribution is -2.43. The first-order chi connectivity index (χ1) is 9.58. The third-order valence-electron chi connectivity index (χ3n) is 3.27. The van der Waals surface area contributed by atoms with Crippen LogP contribution >= 0.6 is 0 Å². The molecule has 1 aliphatic heterocycles. The number of benzene rings is 1. The van der Waals surface area contributed by atoms with Crippen LogP contribution in [0.2, 0.25) is 0 Å². The molecule has 0 bridgehead atoms. The number of aliphatic carboxylic acids is 1. The van der Waals surface area contributed by atoms with E-state index in [0.29, 0.717) is 5.22 Å². The zero-order chi connectivity index (χ0) is 14.3. The Hall–Kier alpha value is -2.40. The molecule has 0 saturated heterocycles. The fourth-order valence-corrected chi connectivity index (χ4v) is 2.36. The summed E-state index contributed by atoms with van der Waals surface area (Å²) in [5.74, 6) is -2.09. The summed E-state index contributed by atoms with van der Waals surface area (Å²) < 4.78 is 19.0. The van der Waals surface area contributed by atoms with Crippen molar-refractivity contribution in [2.45, 2.75) is 12.2 Å². The Kier molecular flexibility index (Phi) is 2.91. The second-order valence-corrected chi connectivity index (χ2v) is 4.53. The maximum atomic E-state index is 13.4. The fraction of sp³-hybridized carbons (Fsp3) is 0.133. The lowest BCUT2D eigenvalue weighted by Gasteiger charge is -2.26. The van der Waals surface area contributed by atoms with Crippen molar-refractivity contribution in [3.8, 4) is 0 Å². The van der Waals surface area contributed by atoms with Crippen LogP contribution in [0.3, 0.4) is 0 Å². The minimum Gasteiger partial charge on any atom is -0.482 e. The van der Waals surface area contributed by atoms with Crippen LogP contribution in [0, 0.1) is 5.82 Å². The van der Waals surface area contributed by atoms with Gasteiger partial charge in [-0.3, -0.25) is 0 Å². The fourth-order valence-electron chi connectivity index (χ4n) is 2.36. The molecule has 1 aliphatic carbocycles. The standard InChI is InChI=1S/C15H11FO4/c16-8-5-6-9-10-3-1-2-4-12(10)20-14(11(9)7-8)13(17)15(18)19/h1-7,12-13,17H,(H,18,19). The number of aliphatic hydroxyl groups excluding tert-OH is 1. The van der Waals surface area contributed by atoms with Crippen molar-refractivity contribution in [2.75, 3.05) is 0 Å². The van der Waals surface area contributed by atoms with Crippen LogP contribution in [0.4, 0.5) is 4.39 Å². The predicted octanol–water partition coefficient (Wildman–Crippen LogP) is 0.0549. The smallest absolute Gasteiger partial charge is 0.340 e. The van der Waals surface area contributed by atoms with Crippen LogP contribution in [0.5, 0.6) is 0 Å². The van der Waals surface area contributed by atoms with Gasteiger partial charge in [-0.15, -0.1) is 0 Å². The summed E-state index contributed by atoms with van der Waals surface area (Å²) >= 11 is 0. The van der Waals surface area contributed by atoms with Crippen LogP contribution in [-0.4, -0.2) is 28.4 Å². The monoisotopic (exact) mass is 274 g/mol. The largest absolute Gasteiger partial charge is 0.482 e. The van der Waals surface area contributed by atoms with Gasteiger partial charge in [-0.25, -0.2) is 9.18 Å². The van der Waals surface area contributed by atoms with Gasteiger partial charge in [0.15, 0.2) is 0 Å². The zero-order valence-electron chi connectivity index (χ0n) is 10.3. The number of halogens is 1. The summed E-state index contributed by atoms with van der Waals surface area (Å²) in [5.41, 5.74) is 0.809. The maximum Gasteiger partial charge on any atom is 0.340 e. The topological polar surface area (TPSA) is 66.8 Å². The van der Waals surface area contributed by atoms with Gasteiger partial charge in [0.25, 0.3) is 0 Å². The van der Waals surface area contributed by atoms with Crippen molar-refractivity contribution >= 4 is 17.3 Å². The van der Waals surface area contributed by atoms with Gasteiger partial charge in [0.1, 0.15) is 17.7 Å². The van der Waals surface area contributed by atoms with Crippen molar-refractivity contribution in [3.05, 3.63) is 58.8 Å². The minimum absolute atomic E-state index is 0.138. The highest BCUT2D eigenvalue weighted by atomic mass is 19.1. The second-order valence-electron chi connectivity index (χ2n) is 4.53. The number of fused-ring (bicyclic) bond motifs is 2. The van der Waals surface area contributed by atoms with Crippen LogP contribution in [0.1, 0.15) is 0 Å². The molecule has 2 N–H and O–H groups in total. The molecule has 5 heteroatoms. The molecule has 0 aromatic heterocycles. The molecule has 1 aromatic carbocycles. The van der Waals surface area contributed by atoms with Gasteiger partial charge >= 0.3 is 5.97 Å². The molecule has 0 spiro atoms. The van der Waals surface area contributed by atoms with Crippen molar-refractivity contribution in [2.24, 2.45) is 0 Å². The molecular formula is C15H11FO4. The number of carboxylic acid groups (broad SMARTS) is 1. The van der Waals surface area contributed by atoms with Gasteiger partial charge in [-0.2, -0.15) is 0 Å².